The van der Waals surface area contributed by atoms with Crippen LogP contribution in [0.5, 0.6) is 0 Å². The van der Waals surface area contributed by atoms with E-state index in [1.54, 1.807) is 0 Å². The number of nitrogen functional groups attached to an aromatic ring is 2. The van der Waals surface area contributed by atoms with E-state index in [0.717, 1.165) is 21.8 Å². The van der Waals surface area contributed by atoms with Gasteiger partial charge in [-0.25, -0.2) is 33.3 Å². The third kappa shape index (κ3) is 6.47. The van der Waals surface area contributed by atoms with Crippen molar-refractivity contribution in [3.63, 3.8) is 0 Å². The predicted octanol–water partition coefficient (Wildman–Crippen LogP) is 0.436. The summed E-state index contributed by atoms with van der Waals surface area (Å²) in [6.07, 6.45) is -4.77. The minimum absolute atomic E-state index is 0.0658. The van der Waals surface area contributed by atoms with E-state index in [2.05, 4.69) is 54.0 Å². The van der Waals surface area contributed by atoms with Crippen molar-refractivity contribution in [2.24, 2.45) is 0 Å². The molecule has 6 rings (SSSR count). The van der Waals surface area contributed by atoms with Crippen LogP contribution in [-0.4, -0.2) is 93.1 Å². The van der Waals surface area contributed by atoms with Gasteiger partial charge in [-0.1, -0.05) is 12.2 Å². The van der Waals surface area contributed by atoms with Crippen molar-refractivity contribution in [3.05, 3.63) is 29.3 Å². The molecule has 0 aromatic carbocycles. The molecule has 2 fully saturated rings. The summed E-state index contributed by atoms with van der Waals surface area (Å²) < 4.78 is 74.1. The number of nitrogens with two attached hydrogens (primary N) is 2. The lowest BCUT2D eigenvalue weighted by molar-refractivity contribution is -0.0450. The molecule has 0 radical (unpaired) electrons. The molecule has 6 heterocycles. The Labute approximate surface area is 260 Å². The molecule has 4 aromatic rings. The minimum Gasteiger partial charge on any atom is -0.382 e. The summed E-state index contributed by atoms with van der Waals surface area (Å²) in [5.41, 5.74) is 10.8. The van der Waals surface area contributed by atoms with Crippen molar-refractivity contribution in [1.82, 2.24) is 39.0 Å². The summed E-state index contributed by atoms with van der Waals surface area (Å²) in [5, 5.41) is 0. The Morgan fingerprint density at radius 2 is 1.93 bits per heavy atom. The second-order valence-corrected chi connectivity index (χ2v) is 15.5. The summed E-state index contributed by atoms with van der Waals surface area (Å²) >= 11 is 8.38. The van der Waals surface area contributed by atoms with Gasteiger partial charge in [0, 0.05) is 6.42 Å². The molecule has 19 nitrogen and oxygen atoms in total. The molecule has 244 valence electrons. The first kappa shape index (κ1) is 32.3. The number of anilines is 2. The van der Waals surface area contributed by atoms with Crippen LogP contribution in [0.25, 0.3) is 22.3 Å². The maximum atomic E-state index is 15.9. The number of halogens is 2. The first-order chi connectivity index (χ1) is 21.1. The predicted molar refractivity (Wildman–Crippen MR) is 157 cm³/mol. The maximum absolute atomic E-state index is 15.9. The van der Waals surface area contributed by atoms with Gasteiger partial charge in [0.05, 0.1) is 32.0 Å². The SMILES string of the molecule is Nc1nc2c(ncn2[C@@H]2O[C@H](COP(O)(O)=S)[C@@H](F)[C@@H]2OP(=O)(S)OC[C@@H]2C[C@@](F)(n3cnc4c(N)ncnc43)CO2)c(=O)[nH]1. The minimum atomic E-state index is -4.46. The van der Waals surface area contributed by atoms with Crippen LogP contribution >= 0.6 is 25.8 Å². The number of ether oxygens (including phenoxy) is 2. The number of aromatic nitrogens is 8. The van der Waals surface area contributed by atoms with Crippen LogP contribution in [-0.2, 0) is 45.2 Å². The van der Waals surface area contributed by atoms with E-state index in [1.807, 2.05) is 0 Å². The number of rotatable bonds is 10. The summed E-state index contributed by atoms with van der Waals surface area (Å²) in [6.45, 7) is -10.3. The molecule has 0 saturated carbocycles. The number of nitrogens with one attached hydrogen (secondary N) is 1. The fourth-order valence-electron chi connectivity index (χ4n) is 4.96. The van der Waals surface area contributed by atoms with Crippen molar-refractivity contribution in [1.29, 1.82) is 0 Å². The molecule has 0 spiro atoms. The van der Waals surface area contributed by atoms with Gasteiger partial charge in [-0.3, -0.25) is 28.0 Å². The Bertz CT molecular complexity index is 1910. The highest BCUT2D eigenvalue weighted by Crippen LogP contribution is 2.57. The normalized spacial score (nSPS) is 28.7. The quantitative estimate of drug-likeness (QED) is 0.0962. The van der Waals surface area contributed by atoms with Crippen LogP contribution in [0.3, 0.4) is 0 Å². The zero-order chi connectivity index (χ0) is 32.3. The van der Waals surface area contributed by atoms with Gasteiger partial charge >= 0.3 is 13.5 Å². The number of nitrogens with zero attached hydrogens (tertiary/aromatic N) is 7. The van der Waals surface area contributed by atoms with Gasteiger partial charge < -0.3 is 35.3 Å². The van der Waals surface area contributed by atoms with Crippen LogP contribution in [0.2, 0.25) is 0 Å². The Hall–Kier alpha value is -2.69. The second kappa shape index (κ2) is 11.8. The Morgan fingerprint density at radius 1 is 1.18 bits per heavy atom. The highest BCUT2D eigenvalue weighted by Gasteiger charge is 2.51. The van der Waals surface area contributed by atoms with Crippen LogP contribution in [0.15, 0.2) is 23.8 Å². The highest BCUT2D eigenvalue weighted by atomic mass is 32.7. The largest absolute Gasteiger partial charge is 0.386 e. The Morgan fingerprint density at radius 3 is 2.69 bits per heavy atom. The molecule has 2 saturated heterocycles. The van der Waals surface area contributed by atoms with E-state index in [-0.39, 0.29) is 40.5 Å². The zero-order valence-corrected chi connectivity index (χ0v) is 26.0. The highest BCUT2D eigenvalue weighted by molar-refractivity contribution is 8.44. The van der Waals surface area contributed by atoms with Crippen LogP contribution < -0.4 is 17.0 Å². The molecule has 25 heteroatoms. The number of hydrogen-bond acceptors (Lipinski definition) is 15. The van der Waals surface area contributed by atoms with E-state index in [4.69, 9.17) is 34.5 Å². The van der Waals surface area contributed by atoms with Gasteiger partial charge in [-0.15, -0.1) is 0 Å². The fourth-order valence-corrected chi connectivity index (χ4v) is 6.95. The molecule has 2 aliphatic heterocycles. The molecule has 2 aliphatic rings. The Balaban J connectivity index is 1.19. The number of H-pyrrole nitrogens is 1. The molecule has 1 unspecified atom stereocenters. The van der Waals surface area contributed by atoms with Gasteiger partial charge in [-0.2, -0.15) is 4.98 Å². The molecule has 7 N–H and O–H groups in total. The maximum Gasteiger partial charge on any atom is 0.386 e. The standard InChI is InChI=1S/C20H24F2N10O9P2S2/c21-10-9(3-38-42(34,35)44)40-18(31-6-27-12-16(31)29-19(24)30-17(12)33)13(10)41-43(36,45)39-2-8-1-20(22,4-37-8)32-7-28-11-14(23)25-5-26-15(11)32/h5-10,13,18H,1-4H2,(H,36,45)(H2,23,25,26)(H2,34,35,44)(H3,24,29,30,33)/t8-,9+,10+,13-,18+,20+,43?/m0/s1. The van der Waals surface area contributed by atoms with Crippen molar-refractivity contribution >= 4 is 71.7 Å². The first-order valence-corrected chi connectivity index (χ1v) is 18.1. The summed E-state index contributed by atoms with van der Waals surface area (Å²) in [4.78, 5) is 53.3. The first-order valence-electron chi connectivity index (χ1n) is 12.8. The smallest absolute Gasteiger partial charge is 0.382 e. The molecular weight excluding hydrogens is 688 g/mol. The number of hydrogen-bond donors (Lipinski definition) is 6. The molecule has 0 aliphatic carbocycles. The van der Waals surface area contributed by atoms with Gasteiger partial charge in [0.25, 0.3) is 5.56 Å². The van der Waals surface area contributed by atoms with Crippen LogP contribution in [0.1, 0.15) is 12.6 Å². The number of thiol groups is 1. The number of fused-ring (bicyclic) bond motifs is 2. The number of aromatic amines is 1. The summed E-state index contributed by atoms with van der Waals surface area (Å²) in [5.74, 6) is -2.34. The number of imidazole rings is 2. The molecule has 0 amide bonds. The molecule has 45 heavy (non-hydrogen) atoms. The third-order valence-electron chi connectivity index (χ3n) is 6.95. The lowest BCUT2D eigenvalue weighted by Crippen LogP contribution is -2.32. The van der Waals surface area contributed by atoms with Gasteiger partial charge in [-0.05, 0) is 11.8 Å². The Kier molecular flexibility index (Phi) is 8.48. The van der Waals surface area contributed by atoms with Gasteiger partial charge in [0.1, 0.15) is 30.7 Å². The topological polar surface area (TPSA) is 263 Å². The lowest BCUT2D eigenvalue weighted by atomic mass is 10.1. The van der Waals surface area contributed by atoms with Crippen LogP contribution in [0.4, 0.5) is 20.5 Å². The molecule has 4 aromatic heterocycles. The third-order valence-corrected chi connectivity index (χ3v) is 9.36. The zero-order valence-electron chi connectivity index (χ0n) is 22.5. The van der Waals surface area contributed by atoms with Crippen LogP contribution in [0, 0.1) is 0 Å². The lowest BCUT2D eigenvalue weighted by Gasteiger charge is -2.24. The van der Waals surface area contributed by atoms with Crippen molar-refractivity contribution in [2.45, 2.75) is 42.9 Å². The van der Waals surface area contributed by atoms with E-state index >= 15 is 8.78 Å². The average molecular weight is 713 g/mol. The van der Waals surface area contributed by atoms with Crippen molar-refractivity contribution in [3.8, 4) is 0 Å². The summed E-state index contributed by atoms with van der Waals surface area (Å²) in [7, 11) is 0. The average Bonchev–Trinajstić information content (AvgIpc) is 3.72. The van der Waals surface area contributed by atoms with Gasteiger partial charge in [0.15, 0.2) is 35.0 Å². The fraction of sp³-hybridized carbons (Fsp3) is 0.500. The van der Waals surface area contributed by atoms with Crippen molar-refractivity contribution < 1.29 is 46.2 Å². The van der Waals surface area contributed by atoms with E-state index in [1.165, 1.54) is 6.33 Å². The van der Waals surface area contributed by atoms with E-state index in [9.17, 15) is 19.1 Å². The second-order valence-electron chi connectivity index (χ2n) is 10.0. The molecule has 7 atom stereocenters. The monoisotopic (exact) mass is 712 g/mol. The van der Waals surface area contributed by atoms with Gasteiger partial charge in [0.2, 0.25) is 11.7 Å². The van der Waals surface area contributed by atoms with E-state index < -0.39 is 75.4 Å². The molecule has 0 bridgehead atoms. The van der Waals surface area contributed by atoms with Crippen molar-refractivity contribution in [2.75, 3.05) is 31.3 Å². The molecular formula is C20H24F2N10O9P2S2. The summed E-state index contributed by atoms with van der Waals surface area (Å²) in [6, 6.07) is 0. The van der Waals surface area contributed by atoms with E-state index in [0.29, 0.717) is 0 Å². The number of alkyl halides is 2.